The lowest BCUT2D eigenvalue weighted by molar-refractivity contribution is 0.0934. The summed E-state index contributed by atoms with van der Waals surface area (Å²) >= 11 is 0. The Morgan fingerprint density at radius 2 is 1.81 bits per heavy atom. The van der Waals surface area contributed by atoms with Gasteiger partial charge in [0.25, 0.3) is 5.91 Å². The SMILES string of the molecule is CCOc1ccccc1C(=O)NCC(c1ccc(OC)cc1)N1CCCC1. The highest BCUT2D eigenvalue weighted by molar-refractivity contribution is 5.96. The van der Waals surface area contributed by atoms with Crippen LogP contribution in [0, 0.1) is 0 Å². The molecule has 1 saturated heterocycles. The molecule has 5 nitrogen and oxygen atoms in total. The minimum absolute atomic E-state index is 0.100. The normalized spacial score (nSPS) is 15.3. The highest BCUT2D eigenvalue weighted by atomic mass is 16.5. The average Bonchev–Trinajstić information content (AvgIpc) is 3.23. The van der Waals surface area contributed by atoms with E-state index in [9.17, 15) is 4.79 Å². The van der Waals surface area contributed by atoms with Gasteiger partial charge in [-0.1, -0.05) is 24.3 Å². The Balaban J connectivity index is 1.73. The van der Waals surface area contributed by atoms with E-state index in [-0.39, 0.29) is 11.9 Å². The Kier molecular flexibility index (Phi) is 6.71. The van der Waals surface area contributed by atoms with E-state index in [2.05, 4.69) is 22.3 Å². The van der Waals surface area contributed by atoms with Gasteiger partial charge in [0.2, 0.25) is 0 Å². The molecule has 0 saturated carbocycles. The molecule has 1 atom stereocenters. The number of ether oxygens (including phenoxy) is 2. The van der Waals surface area contributed by atoms with E-state index in [4.69, 9.17) is 9.47 Å². The van der Waals surface area contributed by atoms with E-state index < -0.39 is 0 Å². The second-order valence-electron chi connectivity index (χ2n) is 6.67. The summed E-state index contributed by atoms with van der Waals surface area (Å²) in [6.07, 6.45) is 2.40. The Bertz CT molecular complexity index is 739. The number of methoxy groups -OCH3 is 1. The summed E-state index contributed by atoms with van der Waals surface area (Å²) in [4.78, 5) is 15.2. The largest absolute Gasteiger partial charge is 0.497 e. The van der Waals surface area contributed by atoms with Gasteiger partial charge in [0.05, 0.1) is 25.3 Å². The van der Waals surface area contributed by atoms with Crippen molar-refractivity contribution >= 4 is 5.91 Å². The second kappa shape index (κ2) is 9.42. The van der Waals surface area contributed by atoms with Crippen molar-refractivity contribution in [3.05, 3.63) is 59.7 Å². The van der Waals surface area contributed by atoms with Crippen LogP contribution in [0.1, 0.15) is 41.7 Å². The fourth-order valence-corrected chi connectivity index (χ4v) is 3.56. The molecule has 1 fully saturated rings. The first kappa shape index (κ1) is 19.2. The van der Waals surface area contributed by atoms with Crippen molar-refractivity contribution in [3.63, 3.8) is 0 Å². The Morgan fingerprint density at radius 1 is 1.11 bits per heavy atom. The number of likely N-dealkylation sites (tertiary alicyclic amines) is 1. The van der Waals surface area contributed by atoms with E-state index in [0.717, 1.165) is 18.8 Å². The summed E-state index contributed by atoms with van der Waals surface area (Å²) in [5.74, 6) is 1.37. The number of carbonyl (C=O) groups excluding carboxylic acids is 1. The van der Waals surface area contributed by atoms with Gasteiger partial charge >= 0.3 is 0 Å². The first-order valence-corrected chi connectivity index (χ1v) is 9.61. The quantitative estimate of drug-likeness (QED) is 0.773. The topological polar surface area (TPSA) is 50.8 Å². The van der Waals surface area contributed by atoms with Gasteiger partial charge in [0.15, 0.2) is 0 Å². The summed E-state index contributed by atoms with van der Waals surface area (Å²) in [5, 5.41) is 3.11. The minimum Gasteiger partial charge on any atom is -0.497 e. The standard InChI is InChI=1S/C22H28N2O3/c1-3-27-21-9-5-4-8-19(21)22(25)23-16-20(24-14-6-7-15-24)17-10-12-18(26-2)13-11-17/h4-5,8-13,20H,3,6-7,14-16H2,1-2H3,(H,23,25). The van der Waals surface area contributed by atoms with Crippen LogP contribution in [0.4, 0.5) is 0 Å². The van der Waals surface area contributed by atoms with Gasteiger partial charge in [-0.25, -0.2) is 0 Å². The molecule has 5 heteroatoms. The maximum absolute atomic E-state index is 12.8. The highest BCUT2D eigenvalue weighted by Gasteiger charge is 2.24. The van der Waals surface area contributed by atoms with E-state index in [1.807, 2.05) is 37.3 Å². The van der Waals surface area contributed by atoms with Crippen molar-refractivity contribution in [1.82, 2.24) is 10.2 Å². The molecule has 27 heavy (non-hydrogen) atoms. The van der Waals surface area contributed by atoms with Crippen LogP contribution in [0.5, 0.6) is 11.5 Å². The number of carbonyl (C=O) groups is 1. The fraction of sp³-hybridized carbons (Fsp3) is 0.409. The van der Waals surface area contributed by atoms with Gasteiger partial charge < -0.3 is 14.8 Å². The van der Waals surface area contributed by atoms with Crippen LogP contribution in [-0.2, 0) is 0 Å². The van der Waals surface area contributed by atoms with Crippen molar-refractivity contribution in [2.45, 2.75) is 25.8 Å². The number of benzene rings is 2. The van der Waals surface area contributed by atoms with Crippen LogP contribution in [-0.4, -0.2) is 44.2 Å². The second-order valence-corrected chi connectivity index (χ2v) is 6.67. The predicted molar refractivity (Wildman–Crippen MR) is 106 cm³/mol. The lowest BCUT2D eigenvalue weighted by atomic mass is 10.0. The molecule has 2 aromatic rings. The number of rotatable bonds is 8. The summed E-state index contributed by atoms with van der Waals surface area (Å²) in [6, 6.07) is 15.7. The highest BCUT2D eigenvalue weighted by Crippen LogP contribution is 2.26. The number of nitrogens with one attached hydrogen (secondary N) is 1. The zero-order valence-corrected chi connectivity index (χ0v) is 16.1. The van der Waals surface area contributed by atoms with Crippen molar-refractivity contribution in [2.24, 2.45) is 0 Å². The summed E-state index contributed by atoms with van der Waals surface area (Å²) in [6.45, 7) is 5.13. The fourth-order valence-electron chi connectivity index (χ4n) is 3.56. The molecule has 1 aliphatic rings. The van der Waals surface area contributed by atoms with Gasteiger partial charge in [-0.05, 0) is 62.7 Å². The number of hydrogen-bond donors (Lipinski definition) is 1. The van der Waals surface area contributed by atoms with Crippen molar-refractivity contribution in [3.8, 4) is 11.5 Å². The zero-order chi connectivity index (χ0) is 19.1. The van der Waals surface area contributed by atoms with E-state index in [1.165, 1.54) is 18.4 Å². The van der Waals surface area contributed by atoms with Crippen LogP contribution < -0.4 is 14.8 Å². The molecule has 0 bridgehead atoms. The van der Waals surface area contributed by atoms with E-state index >= 15 is 0 Å². The van der Waals surface area contributed by atoms with E-state index in [1.54, 1.807) is 13.2 Å². The maximum Gasteiger partial charge on any atom is 0.255 e. The van der Waals surface area contributed by atoms with Crippen molar-refractivity contribution in [2.75, 3.05) is 33.4 Å². The smallest absolute Gasteiger partial charge is 0.255 e. The molecule has 0 aromatic heterocycles. The number of amides is 1. The first-order valence-electron chi connectivity index (χ1n) is 9.61. The molecular weight excluding hydrogens is 340 g/mol. The molecule has 1 unspecified atom stereocenters. The van der Waals surface area contributed by atoms with Gasteiger partial charge in [-0.3, -0.25) is 9.69 Å². The van der Waals surface area contributed by atoms with Gasteiger partial charge in [0.1, 0.15) is 11.5 Å². The van der Waals surface area contributed by atoms with Crippen molar-refractivity contribution in [1.29, 1.82) is 0 Å². The molecule has 1 heterocycles. The summed E-state index contributed by atoms with van der Waals surface area (Å²) in [7, 11) is 1.67. The van der Waals surface area contributed by atoms with Crippen LogP contribution in [0.25, 0.3) is 0 Å². The molecule has 0 radical (unpaired) electrons. The molecule has 1 amide bonds. The first-order chi connectivity index (χ1) is 13.2. The van der Waals surface area contributed by atoms with Crippen LogP contribution >= 0.6 is 0 Å². The van der Waals surface area contributed by atoms with Crippen LogP contribution in [0.15, 0.2) is 48.5 Å². The Morgan fingerprint density at radius 3 is 2.48 bits per heavy atom. The van der Waals surface area contributed by atoms with Crippen LogP contribution in [0.3, 0.4) is 0 Å². The molecule has 1 aliphatic heterocycles. The third-order valence-corrected chi connectivity index (χ3v) is 4.97. The Hall–Kier alpha value is -2.53. The van der Waals surface area contributed by atoms with E-state index in [0.29, 0.717) is 24.5 Å². The third-order valence-electron chi connectivity index (χ3n) is 4.97. The Labute approximate surface area is 161 Å². The molecule has 144 valence electrons. The molecule has 2 aromatic carbocycles. The average molecular weight is 368 g/mol. The van der Waals surface area contributed by atoms with Crippen molar-refractivity contribution < 1.29 is 14.3 Å². The number of nitrogens with zero attached hydrogens (tertiary/aromatic N) is 1. The molecule has 3 rings (SSSR count). The van der Waals surface area contributed by atoms with Crippen LogP contribution in [0.2, 0.25) is 0 Å². The molecule has 1 N–H and O–H groups in total. The summed E-state index contributed by atoms with van der Waals surface area (Å²) in [5.41, 5.74) is 1.77. The monoisotopic (exact) mass is 368 g/mol. The van der Waals surface area contributed by atoms with Gasteiger partial charge in [-0.15, -0.1) is 0 Å². The number of hydrogen-bond acceptors (Lipinski definition) is 4. The van der Waals surface area contributed by atoms with Gasteiger partial charge in [-0.2, -0.15) is 0 Å². The molecule has 0 spiro atoms. The summed E-state index contributed by atoms with van der Waals surface area (Å²) < 4.78 is 10.9. The molecule has 0 aliphatic carbocycles. The maximum atomic E-state index is 12.8. The van der Waals surface area contributed by atoms with Gasteiger partial charge in [0, 0.05) is 6.54 Å². The lowest BCUT2D eigenvalue weighted by Crippen LogP contribution is -2.36. The third kappa shape index (κ3) is 4.80. The predicted octanol–water partition coefficient (Wildman–Crippen LogP) is 3.66. The molecular formula is C22H28N2O3. The lowest BCUT2D eigenvalue weighted by Gasteiger charge is -2.28. The number of para-hydroxylation sites is 1. The minimum atomic E-state index is -0.100. The zero-order valence-electron chi connectivity index (χ0n) is 16.1.